The number of nitrogens with zero attached hydrogens (tertiary/aromatic N) is 4. The maximum absolute atomic E-state index is 6.63. The third-order valence-corrected chi connectivity index (χ3v) is 1.61. The summed E-state index contributed by atoms with van der Waals surface area (Å²) < 4.78 is 0. The lowest BCUT2D eigenvalue weighted by atomic mass is 10.6. The SMILES string of the molecule is [C-]#[N+]c1nc(Cl)c(Cl)nc1[N+]#[C-]. The average Bonchev–Trinajstić information content (AvgIpc) is 2.09. The summed E-state index contributed by atoms with van der Waals surface area (Å²) in [5.74, 6) is -0.251. The van der Waals surface area contributed by atoms with Gasteiger partial charge in [-0.1, -0.05) is 13.1 Å². The smallest absolute Gasteiger partial charge is 0.295 e. The molecule has 0 atom stereocenters. The van der Waals surface area contributed by atoms with E-state index in [2.05, 4.69) is 19.7 Å². The van der Waals surface area contributed by atoms with Crippen molar-refractivity contribution in [1.29, 1.82) is 0 Å². The molecule has 0 fully saturated rings. The fourth-order valence-electron chi connectivity index (χ4n) is 0.528. The molecular formula is C6Cl2N4. The van der Waals surface area contributed by atoms with E-state index in [0.29, 0.717) is 0 Å². The summed E-state index contributed by atoms with van der Waals surface area (Å²) in [6, 6.07) is 0. The number of halogens is 2. The van der Waals surface area contributed by atoms with Crippen molar-refractivity contribution in [2.75, 3.05) is 0 Å². The molecule has 0 aromatic carbocycles. The van der Waals surface area contributed by atoms with Gasteiger partial charge in [-0.2, -0.15) is 0 Å². The summed E-state index contributed by atoms with van der Waals surface area (Å²) in [7, 11) is 0. The zero-order valence-electron chi connectivity index (χ0n) is 5.54. The van der Waals surface area contributed by atoms with Crippen molar-refractivity contribution in [3.05, 3.63) is 33.1 Å². The van der Waals surface area contributed by atoms with Crippen molar-refractivity contribution >= 4 is 34.8 Å². The zero-order chi connectivity index (χ0) is 9.14. The predicted molar refractivity (Wildman–Crippen MR) is 44.6 cm³/mol. The molecule has 6 heteroatoms. The lowest BCUT2D eigenvalue weighted by Crippen LogP contribution is -1.82. The first-order valence-electron chi connectivity index (χ1n) is 2.67. The van der Waals surface area contributed by atoms with Gasteiger partial charge in [0.2, 0.25) is 0 Å². The van der Waals surface area contributed by atoms with Crippen molar-refractivity contribution in [2.45, 2.75) is 0 Å². The quantitative estimate of drug-likeness (QED) is 0.602. The molecule has 0 radical (unpaired) electrons. The number of hydrogen-bond donors (Lipinski definition) is 0. The fraction of sp³-hybridized carbons (Fsp3) is 0. The molecule has 0 saturated carbocycles. The number of aromatic nitrogens is 2. The van der Waals surface area contributed by atoms with Gasteiger partial charge in [0.15, 0.2) is 0 Å². The lowest BCUT2D eigenvalue weighted by Gasteiger charge is -1.91. The Morgan fingerprint density at radius 3 is 1.50 bits per heavy atom. The Labute approximate surface area is 78.4 Å². The average molecular weight is 199 g/mol. The Morgan fingerprint density at radius 1 is 0.917 bits per heavy atom. The van der Waals surface area contributed by atoms with Crippen LogP contribution in [0.1, 0.15) is 0 Å². The molecule has 0 saturated heterocycles. The maximum Gasteiger partial charge on any atom is 0.295 e. The van der Waals surface area contributed by atoms with Crippen molar-refractivity contribution in [3.63, 3.8) is 0 Å². The Kier molecular flexibility index (Phi) is 2.44. The molecule has 4 nitrogen and oxygen atoms in total. The van der Waals surface area contributed by atoms with Crippen LogP contribution >= 0.6 is 23.2 Å². The molecule has 0 aliphatic rings. The van der Waals surface area contributed by atoms with Crippen molar-refractivity contribution < 1.29 is 0 Å². The highest BCUT2D eigenvalue weighted by atomic mass is 35.5. The van der Waals surface area contributed by atoms with Crippen LogP contribution < -0.4 is 0 Å². The lowest BCUT2D eigenvalue weighted by molar-refractivity contribution is 1.24. The second kappa shape index (κ2) is 3.36. The van der Waals surface area contributed by atoms with Crippen LogP contribution in [0.2, 0.25) is 10.3 Å². The van der Waals surface area contributed by atoms with Crippen LogP contribution in [-0.4, -0.2) is 9.97 Å². The van der Waals surface area contributed by atoms with E-state index in [0.717, 1.165) is 0 Å². The van der Waals surface area contributed by atoms with Crippen LogP contribution in [0.4, 0.5) is 11.6 Å². The molecule has 0 N–H and O–H groups in total. The Morgan fingerprint density at radius 2 is 1.25 bits per heavy atom. The first-order chi connectivity index (χ1) is 5.69. The second-order valence-electron chi connectivity index (χ2n) is 1.68. The Balaban J connectivity index is 3.44. The molecule has 0 unspecified atom stereocenters. The molecule has 1 rings (SSSR count). The maximum atomic E-state index is 6.63. The van der Waals surface area contributed by atoms with Crippen LogP contribution in [0.3, 0.4) is 0 Å². The third kappa shape index (κ3) is 1.45. The first-order valence-corrected chi connectivity index (χ1v) is 3.42. The van der Waals surface area contributed by atoms with E-state index >= 15 is 0 Å². The summed E-state index contributed by atoms with van der Waals surface area (Å²) in [5.41, 5.74) is 0. The van der Waals surface area contributed by atoms with Gasteiger partial charge in [-0.25, -0.2) is 0 Å². The Bertz CT molecular complexity index is 362. The van der Waals surface area contributed by atoms with E-state index in [1.54, 1.807) is 0 Å². The molecule has 0 spiro atoms. The van der Waals surface area contributed by atoms with Gasteiger partial charge in [-0.3, -0.25) is 0 Å². The second-order valence-corrected chi connectivity index (χ2v) is 2.39. The van der Waals surface area contributed by atoms with Crippen LogP contribution in [0, 0.1) is 13.1 Å². The van der Waals surface area contributed by atoms with Crippen LogP contribution in [-0.2, 0) is 0 Å². The molecule has 1 heterocycles. The highest BCUT2D eigenvalue weighted by Crippen LogP contribution is 2.28. The van der Waals surface area contributed by atoms with Crippen molar-refractivity contribution in [3.8, 4) is 0 Å². The van der Waals surface area contributed by atoms with Crippen molar-refractivity contribution in [2.24, 2.45) is 0 Å². The molecule has 1 aromatic heterocycles. The minimum atomic E-state index is -0.126. The highest BCUT2D eigenvalue weighted by molar-refractivity contribution is 6.40. The first kappa shape index (κ1) is 8.73. The van der Waals surface area contributed by atoms with Gasteiger partial charge in [0.05, 0.1) is 0 Å². The van der Waals surface area contributed by atoms with E-state index in [1.165, 1.54) is 0 Å². The topological polar surface area (TPSA) is 34.5 Å². The molecule has 0 bridgehead atoms. The van der Waals surface area contributed by atoms with Gasteiger partial charge in [-0.15, -0.1) is 9.97 Å². The summed E-state index contributed by atoms with van der Waals surface area (Å²) in [5, 5.41) is -0.120. The summed E-state index contributed by atoms with van der Waals surface area (Å²) in [6.07, 6.45) is 0. The van der Waals surface area contributed by atoms with E-state index < -0.39 is 0 Å². The van der Waals surface area contributed by atoms with Gasteiger partial charge in [0, 0.05) is 0 Å². The molecule has 0 aliphatic heterocycles. The minimum absolute atomic E-state index is 0.0601. The summed E-state index contributed by atoms with van der Waals surface area (Å²) in [4.78, 5) is 13.1. The largest absolute Gasteiger partial charge is 0.370 e. The van der Waals surface area contributed by atoms with Crippen molar-refractivity contribution in [1.82, 2.24) is 9.97 Å². The minimum Gasteiger partial charge on any atom is -0.370 e. The van der Waals surface area contributed by atoms with E-state index in [-0.39, 0.29) is 21.9 Å². The molecule has 58 valence electrons. The molecule has 0 amide bonds. The predicted octanol–water partition coefficient (Wildman–Crippen LogP) is 2.88. The fourth-order valence-corrected chi connectivity index (χ4v) is 0.773. The van der Waals surface area contributed by atoms with Gasteiger partial charge >= 0.3 is 0 Å². The molecule has 12 heavy (non-hydrogen) atoms. The summed E-state index contributed by atoms with van der Waals surface area (Å²) in [6.45, 7) is 13.3. The summed E-state index contributed by atoms with van der Waals surface area (Å²) >= 11 is 10.9. The van der Waals surface area contributed by atoms with E-state index in [1.807, 2.05) is 0 Å². The monoisotopic (exact) mass is 198 g/mol. The van der Waals surface area contributed by atoms with Crippen LogP contribution in [0.15, 0.2) is 0 Å². The van der Waals surface area contributed by atoms with Gasteiger partial charge in [0.25, 0.3) is 21.9 Å². The third-order valence-electron chi connectivity index (χ3n) is 0.990. The molecule has 0 aliphatic carbocycles. The van der Waals surface area contributed by atoms with Gasteiger partial charge in [0.1, 0.15) is 0 Å². The van der Waals surface area contributed by atoms with Gasteiger partial charge < -0.3 is 9.69 Å². The Hall–Kier alpha value is -1.36. The molecule has 1 aromatic rings. The van der Waals surface area contributed by atoms with Gasteiger partial charge in [-0.05, 0) is 23.2 Å². The number of rotatable bonds is 0. The zero-order valence-corrected chi connectivity index (χ0v) is 7.06. The van der Waals surface area contributed by atoms with E-state index in [9.17, 15) is 0 Å². The standard InChI is InChI=1S/C6Cl2N4/c1-9-5-6(10-2)12-4(8)3(7)11-5. The molecular weight excluding hydrogens is 199 g/mol. The van der Waals surface area contributed by atoms with E-state index in [4.69, 9.17) is 36.3 Å². The normalized spacial score (nSPS) is 8.67. The van der Waals surface area contributed by atoms with Crippen LogP contribution in [0.5, 0.6) is 0 Å². The number of hydrogen-bond acceptors (Lipinski definition) is 2. The highest BCUT2D eigenvalue weighted by Gasteiger charge is 2.15. The van der Waals surface area contributed by atoms with Crippen LogP contribution in [0.25, 0.3) is 9.69 Å².